The van der Waals surface area contributed by atoms with Crippen LogP contribution in [0.2, 0.25) is 0 Å². The standard InChI is InChI=1S/C26H22F6N4O4/c1-15(25(27,28)29)39-21-6-5-16(13-19(21)26(30,31)32)24-33-23(34-40-24)18-3-2-4-20-17(18)7-8-36(20)14-22(37)35-9-11-38-12-10-35/h2-8,13,15H,9-12,14H2,1H3/t15-/m0/s1. The molecule has 212 valence electrons. The molecule has 1 aliphatic heterocycles. The normalized spacial score (nSPS) is 15.4. The lowest BCUT2D eigenvalue weighted by atomic mass is 10.1. The van der Waals surface area contributed by atoms with Crippen LogP contribution in [0.5, 0.6) is 5.75 Å². The number of hydrogen-bond acceptors (Lipinski definition) is 6. The summed E-state index contributed by atoms with van der Waals surface area (Å²) in [5, 5.41) is 4.59. The maximum atomic E-state index is 13.7. The Morgan fingerprint density at radius 3 is 2.52 bits per heavy atom. The maximum absolute atomic E-state index is 13.7. The first kappa shape index (κ1) is 27.5. The van der Waals surface area contributed by atoms with Crippen LogP contribution in [0.15, 0.2) is 53.2 Å². The molecule has 0 unspecified atom stereocenters. The molecule has 3 heterocycles. The highest BCUT2D eigenvalue weighted by atomic mass is 19.4. The Labute approximate surface area is 223 Å². The van der Waals surface area contributed by atoms with Gasteiger partial charge >= 0.3 is 12.4 Å². The van der Waals surface area contributed by atoms with E-state index in [1.54, 1.807) is 33.9 Å². The van der Waals surface area contributed by atoms with Gasteiger partial charge in [0.1, 0.15) is 12.3 Å². The minimum atomic E-state index is -5.01. The predicted octanol–water partition coefficient (Wildman–Crippen LogP) is 5.57. The molecule has 1 saturated heterocycles. The van der Waals surface area contributed by atoms with Crippen LogP contribution >= 0.6 is 0 Å². The average molecular weight is 568 g/mol. The van der Waals surface area contributed by atoms with Crippen LogP contribution in [0.3, 0.4) is 0 Å². The van der Waals surface area contributed by atoms with Gasteiger partial charge in [0.15, 0.2) is 6.10 Å². The van der Waals surface area contributed by atoms with Gasteiger partial charge in [-0.25, -0.2) is 0 Å². The number of rotatable bonds is 6. The molecule has 40 heavy (non-hydrogen) atoms. The van der Waals surface area contributed by atoms with Crippen molar-refractivity contribution in [1.82, 2.24) is 19.6 Å². The van der Waals surface area contributed by atoms with Crippen molar-refractivity contribution in [3.8, 4) is 28.6 Å². The minimum Gasteiger partial charge on any atom is -0.481 e. The third-order valence-electron chi connectivity index (χ3n) is 6.45. The molecule has 0 spiro atoms. The molecule has 4 aromatic rings. The summed E-state index contributed by atoms with van der Waals surface area (Å²) in [5.41, 5.74) is -0.339. The molecule has 1 fully saturated rings. The zero-order chi connectivity index (χ0) is 28.7. The number of hydrogen-bond donors (Lipinski definition) is 0. The number of amides is 1. The quantitative estimate of drug-likeness (QED) is 0.283. The van der Waals surface area contributed by atoms with Crippen LogP contribution in [0, 0.1) is 0 Å². The Hall–Kier alpha value is -4.07. The molecule has 5 rings (SSSR count). The number of morpholine rings is 1. The van der Waals surface area contributed by atoms with E-state index in [-0.39, 0.29) is 29.7 Å². The fourth-order valence-electron chi connectivity index (χ4n) is 4.31. The summed E-state index contributed by atoms with van der Waals surface area (Å²) in [5.74, 6) is -1.23. The zero-order valence-electron chi connectivity index (χ0n) is 20.9. The summed E-state index contributed by atoms with van der Waals surface area (Å²) in [6, 6.07) is 9.49. The van der Waals surface area contributed by atoms with Crippen molar-refractivity contribution in [1.29, 1.82) is 0 Å². The van der Waals surface area contributed by atoms with Gasteiger partial charge in [0, 0.05) is 41.3 Å². The lowest BCUT2D eigenvalue weighted by Crippen LogP contribution is -2.42. The lowest BCUT2D eigenvalue weighted by Gasteiger charge is -2.27. The van der Waals surface area contributed by atoms with Gasteiger partial charge in [0.2, 0.25) is 11.7 Å². The van der Waals surface area contributed by atoms with Crippen LogP contribution < -0.4 is 4.74 Å². The molecule has 0 saturated carbocycles. The fraction of sp³-hybridized carbons (Fsp3) is 0.346. The Morgan fingerprint density at radius 1 is 1.07 bits per heavy atom. The van der Waals surface area contributed by atoms with Crippen molar-refractivity contribution < 1.29 is 45.1 Å². The smallest absolute Gasteiger partial charge is 0.425 e. The van der Waals surface area contributed by atoms with Crippen LogP contribution in [-0.2, 0) is 22.3 Å². The molecule has 0 bridgehead atoms. The van der Waals surface area contributed by atoms with Crippen LogP contribution in [0.1, 0.15) is 12.5 Å². The Bertz CT molecular complexity index is 1520. The van der Waals surface area contributed by atoms with E-state index in [1.165, 1.54) is 0 Å². The minimum absolute atomic E-state index is 0.0643. The van der Waals surface area contributed by atoms with Crippen molar-refractivity contribution >= 4 is 16.8 Å². The Kier molecular flexibility index (Phi) is 7.21. The first-order valence-corrected chi connectivity index (χ1v) is 12.1. The second-order valence-corrected chi connectivity index (χ2v) is 9.11. The first-order valence-electron chi connectivity index (χ1n) is 12.1. The summed E-state index contributed by atoms with van der Waals surface area (Å²) < 4.78 is 96.5. The molecule has 14 heteroatoms. The van der Waals surface area contributed by atoms with Crippen molar-refractivity contribution in [3.05, 3.63) is 54.2 Å². The second kappa shape index (κ2) is 10.5. The van der Waals surface area contributed by atoms with E-state index in [9.17, 15) is 31.1 Å². The van der Waals surface area contributed by atoms with Crippen molar-refractivity contribution in [2.75, 3.05) is 26.3 Å². The molecule has 0 radical (unpaired) electrons. The number of ether oxygens (including phenoxy) is 2. The molecular weight excluding hydrogens is 546 g/mol. The second-order valence-electron chi connectivity index (χ2n) is 9.11. The number of aromatic nitrogens is 3. The number of alkyl halides is 6. The fourth-order valence-corrected chi connectivity index (χ4v) is 4.31. The average Bonchev–Trinajstić information content (AvgIpc) is 3.56. The van der Waals surface area contributed by atoms with Crippen LogP contribution in [0.25, 0.3) is 33.7 Å². The molecule has 2 aromatic heterocycles. The van der Waals surface area contributed by atoms with E-state index in [0.29, 0.717) is 55.8 Å². The highest BCUT2D eigenvalue weighted by Crippen LogP contribution is 2.40. The number of nitrogens with zero attached hydrogens (tertiary/aromatic N) is 4. The first-order chi connectivity index (χ1) is 18.9. The third-order valence-corrected chi connectivity index (χ3v) is 6.45. The van der Waals surface area contributed by atoms with E-state index < -0.39 is 29.8 Å². The Morgan fingerprint density at radius 2 is 1.82 bits per heavy atom. The summed E-state index contributed by atoms with van der Waals surface area (Å²) in [7, 11) is 0. The van der Waals surface area contributed by atoms with Crippen molar-refractivity contribution in [2.24, 2.45) is 0 Å². The summed E-state index contributed by atoms with van der Waals surface area (Å²) in [6.45, 7) is 2.71. The number of carbonyl (C=O) groups is 1. The van der Waals surface area contributed by atoms with E-state index in [0.717, 1.165) is 12.1 Å². The van der Waals surface area contributed by atoms with E-state index in [2.05, 4.69) is 14.9 Å². The summed E-state index contributed by atoms with van der Waals surface area (Å²) in [4.78, 5) is 18.7. The number of halogens is 6. The highest BCUT2D eigenvalue weighted by molar-refractivity contribution is 5.94. The molecule has 1 aliphatic rings. The maximum Gasteiger partial charge on any atom is 0.425 e. The van der Waals surface area contributed by atoms with E-state index in [1.807, 2.05) is 6.07 Å². The lowest BCUT2D eigenvalue weighted by molar-refractivity contribution is -0.191. The van der Waals surface area contributed by atoms with Gasteiger partial charge in [-0.1, -0.05) is 17.3 Å². The monoisotopic (exact) mass is 568 g/mol. The molecular formula is C26H22F6N4O4. The number of fused-ring (bicyclic) bond motifs is 1. The summed E-state index contributed by atoms with van der Waals surface area (Å²) >= 11 is 0. The topological polar surface area (TPSA) is 82.6 Å². The van der Waals surface area contributed by atoms with Gasteiger partial charge in [-0.2, -0.15) is 31.3 Å². The van der Waals surface area contributed by atoms with Gasteiger partial charge in [0.25, 0.3) is 5.89 Å². The van der Waals surface area contributed by atoms with Gasteiger partial charge in [-0.05, 0) is 37.3 Å². The third kappa shape index (κ3) is 5.62. The van der Waals surface area contributed by atoms with Gasteiger partial charge in [-0.3, -0.25) is 4.79 Å². The van der Waals surface area contributed by atoms with Gasteiger partial charge < -0.3 is 23.5 Å². The summed E-state index contributed by atoms with van der Waals surface area (Å²) in [6.07, 6.45) is -10.6. The van der Waals surface area contributed by atoms with E-state index in [4.69, 9.17) is 9.26 Å². The number of benzene rings is 2. The molecule has 0 N–H and O–H groups in total. The Balaban J connectivity index is 1.43. The highest BCUT2D eigenvalue weighted by Gasteiger charge is 2.41. The SMILES string of the molecule is C[C@H](Oc1ccc(-c2nc(-c3cccc4c3ccn4CC(=O)N3CCOCC3)no2)cc1C(F)(F)F)C(F)(F)F. The molecule has 1 amide bonds. The molecule has 8 nitrogen and oxygen atoms in total. The van der Waals surface area contributed by atoms with E-state index >= 15 is 0 Å². The molecule has 1 atom stereocenters. The van der Waals surface area contributed by atoms with Gasteiger partial charge in [0.05, 0.1) is 18.8 Å². The zero-order valence-corrected chi connectivity index (χ0v) is 20.9. The molecule has 0 aliphatic carbocycles. The van der Waals surface area contributed by atoms with Crippen LogP contribution in [-0.4, -0.2) is 64.1 Å². The van der Waals surface area contributed by atoms with Crippen LogP contribution in [0.4, 0.5) is 26.3 Å². The molecule has 2 aromatic carbocycles. The van der Waals surface area contributed by atoms with Crippen molar-refractivity contribution in [2.45, 2.75) is 31.9 Å². The number of carbonyl (C=O) groups excluding carboxylic acids is 1. The largest absolute Gasteiger partial charge is 0.481 e. The van der Waals surface area contributed by atoms with Crippen molar-refractivity contribution in [3.63, 3.8) is 0 Å². The predicted molar refractivity (Wildman–Crippen MR) is 129 cm³/mol. The van der Waals surface area contributed by atoms with Gasteiger partial charge in [-0.15, -0.1) is 0 Å².